The second kappa shape index (κ2) is 7.83. The summed E-state index contributed by atoms with van der Waals surface area (Å²) < 4.78 is 0. The summed E-state index contributed by atoms with van der Waals surface area (Å²) in [7, 11) is 0. The number of aliphatic hydroxyl groups excluding tert-OH is 1. The number of hydrogen-bond acceptors (Lipinski definition) is 2. The molecule has 126 valence electrons. The van der Waals surface area contributed by atoms with Gasteiger partial charge in [0.2, 0.25) is 0 Å². The van der Waals surface area contributed by atoms with Gasteiger partial charge in [0.15, 0.2) is 0 Å². The first-order valence-electron chi connectivity index (χ1n) is 8.79. The van der Waals surface area contributed by atoms with Gasteiger partial charge in [-0.25, -0.2) is 0 Å². The summed E-state index contributed by atoms with van der Waals surface area (Å²) in [4.78, 5) is 2.07. The summed E-state index contributed by atoms with van der Waals surface area (Å²) in [6.07, 6.45) is 10.6. The first-order valence-corrected chi connectivity index (χ1v) is 8.79. The van der Waals surface area contributed by atoms with Crippen LogP contribution in [0.25, 0.3) is 0 Å². The lowest BCUT2D eigenvalue weighted by molar-refractivity contribution is 0.0778. The van der Waals surface area contributed by atoms with Gasteiger partial charge in [-0.1, -0.05) is 50.1 Å². The summed E-state index contributed by atoms with van der Waals surface area (Å²) in [5.41, 5.74) is 4.96. The van der Waals surface area contributed by atoms with Crippen molar-refractivity contribution in [1.82, 2.24) is 0 Å². The lowest BCUT2D eigenvalue weighted by Gasteiger charge is -2.24. The highest BCUT2D eigenvalue weighted by Gasteiger charge is 2.26. The highest BCUT2D eigenvalue weighted by Crippen LogP contribution is 2.32. The molecule has 1 aromatic carbocycles. The number of rotatable bonds is 6. The molecule has 1 N–H and O–H groups in total. The molecule has 0 spiro atoms. The van der Waals surface area contributed by atoms with Gasteiger partial charge in [0.05, 0.1) is 11.8 Å². The van der Waals surface area contributed by atoms with Crippen molar-refractivity contribution in [1.29, 1.82) is 0 Å². The molecular weight excluding hydrogens is 282 g/mol. The van der Waals surface area contributed by atoms with Crippen LogP contribution in [0.15, 0.2) is 37.2 Å². The Kier molecular flexibility index (Phi) is 6.06. The minimum absolute atomic E-state index is 0.159. The first-order chi connectivity index (χ1) is 10.9. The van der Waals surface area contributed by atoms with Gasteiger partial charge >= 0.3 is 0 Å². The third-order valence-corrected chi connectivity index (χ3v) is 5.06. The standard InChI is InChI=1S/C21H31NO/c1-6-22(20-17(4)13-15(2)14-18(20)5)12-11-16(3)21(23)19-9-7-8-10-19/h6,11-14,16,19,21,23H,1,7-10H2,2-5H3/b12-11-. The van der Waals surface area contributed by atoms with E-state index in [1.165, 1.54) is 48.1 Å². The lowest BCUT2D eigenvalue weighted by Crippen LogP contribution is -2.25. The lowest BCUT2D eigenvalue weighted by atomic mass is 9.91. The Labute approximate surface area is 141 Å². The van der Waals surface area contributed by atoms with E-state index in [4.69, 9.17) is 0 Å². The number of aliphatic hydroxyl groups is 1. The van der Waals surface area contributed by atoms with Crippen LogP contribution in [0.1, 0.15) is 49.3 Å². The molecule has 2 atom stereocenters. The smallest absolute Gasteiger partial charge is 0.0628 e. The van der Waals surface area contributed by atoms with Crippen LogP contribution < -0.4 is 4.90 Å². The molecule has 2 nitrogen and oxygen atoms in total. The third-order valence-electron chi connectivity index (χ3n) is 5.06. The molecule has 1 saturated carbocycles. The van der Waals surface area contributed by atoms with Crippen LogP contribution in [0, 0.1) is 32.6 Å². The van der Waals surface area contributed by atoms with E-state index in [0.717, 1.165) is 0 Å². The molecule has 0 bridgehead atoms. The Morgan fingerprint density at radius 2 is 1.74 bits per heavy atom. The highest BCUT2D eigenvalue weighted by molar-refractivity contribution is 5.63. The van der Waals surface area contributed by atoms with Crippen LogP contribution in [-0.2, 0) is 0 Å². The number of aryl methyl sites for hydroxylation is 3. The second-order valence-corrected chi connectivity index (χ2v) is 7.07. The molecule has 0 radical (unpaired) electrons. The Bertz CT molecular complexity index is 546. The summed E-state index contributed by atoms with van der Waals surface area (Å²) in [6.45, 7) is 12.5. The van der Waals surface area contributed by atoms with E-state index in [1.807, 2.05) is 6.20 Å². The fourth-order valence-corrected chi connectivity index (χ4v) is 3.88. The maximum absolute atomic E-state index is 10.5. The summed E-state index contributed by atoms with van der Waals surface area (Å²) in [6, 6.07) is 4.40. The van der Waals surface area contributed by atoms with E-state index in [1.54, 1.807) is 0 Å². The average Bonchev–Trinajstić information content (AvgIpc) is 3.02. The Balaban J connectivity index is 2.14. The molecule has 1 aliphatic carbocycles. The number of hydrogen-bond donors (Lipinski definition) is 1. The van der Waals surface area contributed by atoms with Crippen molar-refractivity contribution < 1.29 is 5.11 Å². The SMILES string of the molecule is C=CN(/C=C\C(C)C(O)C1CCCC1)c1c(C)cc(C)cc1C. The van der Waals surface area contributed by atoms with Crippen LogP contribution in [0.4, 0.5) is 5.69 Å². The normalized spacial score (nSPS) is 18.3. The number of benzene rings is 1. The topological polar surface area (TPSA) is 23.5 Å². The van der Waals surface area contributed by atoms with Crippen LogP contribution >= 0.6 is 0 Å². The minimum Gasteiger partial charge on any atom is -0.392 e. The van der Waals surface area contributed by atoms with Crippen molar-refractivity contribution in [3.05, 3.63) is 53.9 Å². The Hall–Kier alpha value is -1.54. The van der Waals surface area contributed by atoms with Crippen molar-refractivity contribution in [3.63, 3.8) is 0 Å². The van der Waals surface area contributed by atoms with Crippen LogP contribution in [0.2, 0.25) is 0 Å². The quantitative estimate of drug-likeness (QED) is 0.774. The predicted molar refractivity (Wildman–Crippen MR) is 99.6 cm³/mol. The van der Waals surface area contributed by atoms with Crippen LogP contribution in [-0.4, -0.2) is 11.2 Å². The van der Waals surface area contributed by atoms with Crippen LogP contribution in [0.5, 0.6) is 0 Å². The van der Waals surface area contributed by atoms with Crippen LogP contribution in [0.3, 0.4) is 0 Å². The third kappa shape index (κ3) is 4.26. The van der Waals surface area contributed by atoms with Crippen molar-refractivity contribution in [2.45, 2.75) is 59.5 Å². The van der Waals surface area contributed by atoms with E-state index in [-0.39, 0.29) is 12.0 Å². The van der Waals surface area contributed by atoms with Gasteiger partial charge in [-0.3, -0.25) is 0 Å². The predicted octanol–water partition coefficient (Wildman–Crippen LogP) is 5.26. The molecule has 0 amide bonds. The molecule has 0 aromatic heterocycles. The van der Waals surface area contributed by atoms with Gasteiger partial charge in [0.25, 0.3) is 0 Å². The van der Waals surface area contributed by atoms with Crippen molar-refractivity contribution in [2.24, 2.45) is 11.8 Å². The van der Waals surface area contributed by atoms with Gasteiger partial charge in [-0.2, -0.15) is 0 Å². The monoisotopic (exact) mass is 313 g/mol. The Morgan fingerprint density at radius 3 is 2.26 bits per heavy atom. The fourth-order valence-electron chi connectivity index (χ4n) is 3.88. The summed E-state index contributed by atoms with van der Waals surface area (Å²) in [5.74, 6) is 0.626. The molecule has 23 heavy (non-hydrogen) atoms. The molecule has 2 heteroatoms. The average molecular weight is 313 g/mol. The first kappa shape index (κ1) is 17.8. The van der Waals surface area contributed by atoms with Gasteiger partial charge in [-0.15, -0.1) is 0 Å². The zero-order valence-corrected chi connectivity index (χ0v) is 15.0. The molecule has 2 unspecified atom stereocenters. The molecule has 0 aliphatic heterocycles. The zero-order valence-electron chi connectivity index (χ0n) is 15.0. The summed E-state index contributed by atoms with van der Waals surface area (Å²) in [5, 5.41) is 10.5. The zero-order chi connectivity index (χ0) is 17.0. The molecule has 0 heterocycles. The molecular formula is C21H31NO. The van der Waals surface area contributed by atoms with E-state index in [9.17, 15) is 5.11 Å². The largest absolute Gasteiger partial charge is 0.392 e. The second-order valence-electron chi connectivity index (χ2n) is 7.07. The summed E-state index contributed by atoms with van der Waals surface area (Å²) >= 11 is 0. The fraction of sp³-hybridized carbons (Fsp3) is 0.524. The van der Waals surface area contributed by atoms with E-state index in [2.05, 4.69) is 63.6 Å². The van der Waals surface area contributed by atoms with E-state index >= 15 is 0 Å². The molecule has 1 aromatic rings. The van der Waals surface area contributed by atoms with Gasteiger partial charge in [0, 0.05) is 18.3 Å². The van der Waals surface area contributed by atoms with E-state index in [0.29, 0.717) is 5.92 Å². The van der Waals surface area contributed by atoms with Crippen molar-refractivity contribution in [3.8, 4) is 0 Å². The highest BCUT2D eigenvalue weighted by atomic mass is 16.3. The minimum atomic E-state index is -0.236. The maximum atomic E-state index is 10.5. The van der Waals surface area contributed by atoms with Crippen molar-refractivity contribution >= 4 is 5.69 Å². The van der Waals surface area contributed by atoms with Gasteiger partial charge in [-0.05, 0) is 50.7 Å². The molecule has 1 aliphatic rings. The van der Waals surface area contributed by atoms with Gasteiger partial charge < -0.3 is 10.0 Å². The number of anilines is 1. The maximum Gasteiger partial charge on any atom is 0.0628 e. The van der Waals surface area contributed by atoms with Crippen molar-refractivity contribution in [2.75, 3.05) is 4.90 Å². The Morgan fingerprint density at radius 1 is 1.17 bits per heavy atom. The molecule has 1 fully saturated rings. The molecule has 2 rings (SSSR count). The van der Waals surface area contributed by atoms with Gasteiger partial charge in [0.1, 0.15) is 0 Å². The van der Waals surface area contributed by atoms with E-state index < -0.39 is 0 Å². The number of nitrogens with zero attached hydrogens (tertiary/aromatic N) is 1. The molecule has 0 saturated heterocycles.